The van der Waals surface area contributed by atoms with Crippen LogP contribution in [-0.4, -0.2) is 11.8 Å². The lowest BCUT2D eigenvalue weighted by molar-refractivity contribution is -0.142. The molecule has 0 bridgehead atoms. The molecule has 0 aliphatic heterocycles. The van der Waals surface area contributed by atoms with Crippen LogP contribution in [0.2, 0.25) is 0 Å². The molecule has 0 saturated carbocycles. The summed E-state index contributed by atoms with van der Waals surface area (Å²) in [5.41, 5.74) is 2.76. The molecule has 2 aromatic rings. The van der Waals surface area contributed by atoms with Crippen molar-refractivity contribution in [2.24, 2.45) is 5.92 Å². The predicted octanol–water partition coefficient (Wildman–Crippen LogP) is 4.46. The lowest BCUT2D eigenvalue weighted by Gasteiger charge is -2.27. The minimum atomic E-state index is -3.35. The molecule has 2 aromatic carbocycles. The Balaban J connectivity index is 1.63. The van der Waals surface area contributed by atoms with Crippen LogP contribution in [0.15, 0.2) is 54.6 Å². The normalized spacial score (nSPS) is 17.4. The van der Waals surface area contributed by atoms with Gasteiger partial charge in [0.2, 0.25) is 0 Å². The largest absolute Gasteiger partial charge is 0.325 e. The van der Waals surface area contributed by atoms with E-state index < -0.39 is 18.3 Å². The molecule has 1 atom stereocenters. The minimum absolute atomic E-state index is 0.165. The third-order valence-corrected chi connectivity index (χ3v) is 4.36. The molecule has 4 heteroatoms. The van der Waals surface area contributed by atoms with Crippen molar-refractivity contribution in [1.82, 2.24) is 0 Å². The van der Waals surface area contributed by atoms with E-state index in [4.69, 9.17) is 0 Å². The predicted molar refractivity (Wildman–Crippen MR) is 86.6 cm³/mol. The summed E-state index contributed by atoms with van der Waals surface area (Å²) >= 11 is 0. The summed E-state index contributed by atoms with van der Waals surface area (Å²) < 4.78 is 28.5. The maximum absolute atomic E-state index is 14.3. The quantitative estimate of drug-likeness (QED) is 0.887. The molecular weight excluding hydrogens is 296 g/mol. The summed E-state index contributed by atoms with van der Waals surface area (Å²) in [6, 6.07) is 16.3. The molecule has 0 heterocycles. The molecule has 1 aliphatic carbocycles. The lowest BCUT2D eigenvalue weighted by Crippen LogP contribution is -2.37. The van der Waals surface area contributed by atoms with Gasteiger partial charge < -0.3 is 5.32 Å². The van der Waals surface area contributed by atoms with Gasteiger partial charge in [-0.15, -0.1) is 0 Å². The number of carbonyl (C=O) groups excluding carboxylic acids is 1. The Hall–Kier alpha value is -2.23. The summed E-state index contributed by atoms with van der Waals surface area (Å²) in [5, 5.41) is 2.30. The number of alkyl halides is 2. The molecule has 0 radical (unpaired) electrons. The highest BCUT2D eigenvalue weighted by Crippen LogP contribution is 2.34. The van der Waals surface area contributed by atoms with Gasteiger partial charge in [0.1, 0.15) is 0 Å². The van der Waals surface area contributed by atoms with Crippen molar-refractivity contribution in [3.8, 4) is 0 Å². The molecule has 3 rings (SSSR count). The summed E-state index contributed by atoms with van der Waals surface area (Å²) in [6.07, 6.45) is 1.72. The molecular formula is C19H19F2NO. The number of nitrogens with one attached hydrogen (secondary N) is 1. The van der Waals surface area contributed by atoms with Gasteiger partial charge in [0.05, 0.1) is 0 Å². The Morgan fingerprint density at radius 3 is 2.43 bits per heavy atom. The van der Waals surface area contributed by atoms with Gasteiger partial charge >= 0.3 is 5.92 Å². The molecule has 2 nitrogen and oxygen atoms in total. The van der Waals surface area contributed by atoms with Crippen LogP contribution < -0.4 is 5.32 Å². The Morgan fingerprint density at radius 1 is 1.04 bits per heavy atom. The first-order valence-corrected chi connectivity index (χ1v) is 7.86. The molecule has 1 N–H and O–H groups in total. The lowest BCUT2D eigenvalue weighted by atomic mass is 9.81. The van der Waals surface area contributed by atoms with Gasteiger partial charge in [0, 0.05) is 12.1 Å². The van der Waals surface area contributed by atoms with E-state index in [1.165, 1.54) is 5.56 Å². The number of amides is 1. The van der Waals surface area contributed by atoms with E-state index >= 15 is 0 Å². The summed E-state index contributed by atoms with van der Waals surface area (Å²) in [4.78, 5) is 11.9. The maximum Gasteiger partial charge on any atom is 0.325 e. The van der Waals surface area contributed by atoms with E-state index in [0.29, 0.717) is 18.5 Å². The van der Waals surface area contributed by atoms with E-state index in [1.54, 1.807) is 30.3 Å². The first kappa shape index (κ1) is 15.7. The topological polar surface area (TPSA) is 29.1 Å². The van der Waals surface area contributed by atoms with Crippen molar-refractivity contribution in [2.75, 3.05) is 5.32 Å². The second kappa shape index (κ2) is 6.49. The van der Waals surface area contributed by atoms with Gasteiger partial charge in [-0.05, 0) is 48.4 Å². The number of carbonyl (C=O) groups is 1. The van der Waals surface area contributed by atoms with Gasteiger partial charge in [0.15, 0.2) is 0 Å². The average molecular weight is 315 g/mol. The van der Waals surface area contributed by atoms with E-state index in [0.717, 1.165) is 12.0 Å². The SMILES string of the molecule is O=C(Nc1ccccc1)C(F)(F)CC1CCc2ccccc2C1. The zero-order valence-electron chi connectivity index (χ0n) is 12.8. The number of aryl methyl sites for hydroxylation is 1. The number of para-hydroxylation sites is 1. The molecule has 0 aromatic heterocycles. The van der Waals surface area contributed by atoms with Gasteiger partial charge in [-0.1, -0.05) is 42.5 Å². The van der Waals surface area contributed by atoms with Gasteiger partial charge in [-0.25, -0.2) is 0 Å². The molecule has 0 spiro atoms. The average Bonchev–Trinajstić information content (AvgIpc) is 2.55. The highest BCUT2D eigenvalue weighted by atomic mass is 19.3. The van der Waals surface area contributed by atoms with E-state index in [2.05, 4.69) is 5.32 Å². The number of halogens is 2. The third kappa shape index (κ3) is 3.76. The third-order valence-electron chi connectivity index (χ3n) is 4.36. The van der Waals surface area contributed by atoms with Crippen LogP contribution in [0.3, 0.4) is 0 Å². The van der Waals surface area contributed by atoms with Crippen molar-refractivity contribution in [3.05, 3.63) is 65.7 Å². The standard InChI is InChI=1S/C19H19F2NO/c20-19(21,18(23)22-17-8-2-1-3-9-17)13-14-10-11-15-6-4-5-7-16(15)12-14/h1-9,14H,10-13H2,(H,22,23). The maximum atomic E-state index is 14.3. The molecule has 23 heavy (non-hydrogen) atoms. The van der Waals surface area contributed by atoms with Crippen molar-refractivity contribution in [3.63, 3.8) is 0 Å². The first-order chi connectivity index (χ1) is 11.0. The fraction of sp³-hybridized carbons (Fsp3) is 0.316. The Labute approximate surface area is 134 Å². The monoisotopic (exact) mass is 315 g/mol. The smallest absolute Gasteiger partial charge is 0.321 e. The summed E-state index contributed by atoms with van der Waals surface area (Å²) in [5.74, 6) is -4.74. The fourth-order valence-electron chi connectivity index (χ4n) is 3.15. The molecule has 0 fully saturated rings. The zero-order chi connectivity index (χ0) is 16.3. The van der Waals surface area contributed by atoms with E-state index in [1.807, 2.05) is 24.3 Å². The van der Waals surface area contributed by atoms with Crippen LogP contribution in [-0.2, 0) is 17.6 Å². The van der Waals surface area contributed by atoms with Crippen molar-refractivity contribution in [2.45, 2.75) is 31.6 Å². The molecule has 1 amide bonds. The van der Waals surface area contributed by atoms with Crippen LogP contribution in [0.4, 0.5) is 14.5 Å². The fourth-order valence-corrected chi connectivity index (χ4v) is 3.15. The number of rotatable bonds is 4. The Morgan fingerprint density at radius 2 is 1.70 bits per heavy atom. The number of fused-ring (bicyclic) bond motifs is 1. The highest BCUT2D eigenvalue weighted by molar-refractivity contribution is 5.96. The minimum Gasteiger partial charge on any atom is -0.321 e. The van der Waals surface area contributed by atoms with Crippen molar-refractivity contribution in [1.29, 1.82) is 0 Å². The second-order valence-corrected chi connectivity index (χ2v) is 6.11. The Bertz CT molecular complexity index is 685. The zero-order valence-corrected chi connectivity index (χ0v) is 12.8. The molecule has 1 unspecified atom stereocenters. The van der Waals surface area contributed by atoms with Crippen LogP contribution >= 0.6 is 0 Å². The van der Waals surface area contributed by atoms with E-state index in [9.17, 15) is 13.6 Å². The van der Waals surface area contributed by atoms with Gasteiger partial charge in [-0.2, -0.15) is 8.78 Å². The Kier molecular flexibility index (Phi) is 4.42. The van der Waals surface area contributed by atoms with Crippen LogP contribution in [0, 0.1) is 5.92 Å². The van der Waals surface area contributed by atoms with Gasteiger partial charge in [-0.3, -0.25) is 4.79 Å². The number of benzene rings is 2. The summed E-state index contributed by atoms with van der Waals surface area (Å²) in [6.45, 7) is 0. The van der Waals surface area contributed by atoms with Crippen molar-refractivity contribution < 1.29 is 13.6 Å². The number of anilines is 1. The second-order valence-electron chi connectivity index (χ2n) is 6.11. The van der Waals surface area contributed by atoms with Crippen molar-refractivity contribution >= 4 is 11.6 Å². The van der Waals surface area contributed by atoms with Gasteiger partial charge in [0.25, 0.3) is 5.91 Å². The van der Waals surface area contributed by atoms with E-state index in [-0.39, 0.29) is 5.92 Å². The summed E-state index contributed by atoms with van der Waals surface area (Å²) in [7, 11) is 0. The van der Waals surface area contributed by atoms with Crippen LogP contribution in [0.1, 0.15) is 24.0 Å². The number of hydrogen-bond donors (Lipinski definition) is 1. The van der Waals surface area contributed by atoms with Crippen LogP contribution in [0.25, 0.3) is 0 Å². The molecule has 120 valence electrons. The van der Waals surface area contributed by atoms with Crippen LogP contribution in [0.5, 0.6) is 0 Å². The highest BCUT2D eigenvalue weighted by Gasteiger charge is 2.41. The molecule has 0 saturated heterocycles. The molecule has 1 aliphatic rings. The number of hydrogen-bond acceptors (Lipinski definition) is 1. The first-order valence-electron chi connectivity index (χ1n) is 7.86.